The predicted molar refractivity (Wildman–Crippen MR) is 103 cm³/mol. The minimum absolute atomic E-state index is 0.113. The van der Waals surface area contributed by atoms with Gasteiger partial charge >= 0.3 is 140 Å². The second-order valence-corrected chi connectivity index (χ2v) is 8.87. The number of rotatable bonds is 8. The molecule has 0 bridgehead atoms. The molecule has 0 spiro atoms. The van der Waals surface area contributed by atoms with E-state index >= 15 is 0 Å². The quantitative estimate of drug-likeness (QED) is 0.425. The van der Waals surface area contributed by atoms with Crippen LogP contribution in [0.3, 0.4) is 0 Å². The number of hydrogen-bond acceptors (Lipinski definition) is 1. The van der Waals surface area contributed by atoms with E-state index in [0.29, 0.717) is 0 Å². The fourth-order valence-corrected chi connectivity index (χ4v) is 5.78. The molecule has 24 heavy (non-hydrogen) atoms. The minimum Gasteiger partial charge on any atom is -0.388 e. The van der Waals surface area contributed by atoms with E-state index in [1.54, 1.807) is 44.3 Å². The van der Waals surface area contributed by atoms with Crippen LogP contribution in [0.25, 0.3) is 0 Å². The van der Waals surface area contributed by atoms with Gasteiger partial charge in [-0.15, -0.1) is 0 Å². The summed E-state index contributed by atoms with van der Waals surface area (Å²) in [6.07, 6.45) is 15.4. The van der Waals surface area contributed by atoms with Crippen molar-refractivity contribution in [3.05, 3.63) is 42.2 Å². The fraction of sp³-hybridized carbons (Fsp3) is 0.636. The first-order chi connectivity index (χ1) is 11.6. The molecule has 0 fully saturated rings. The molecule has 0 saturated heterocycles. The van der Waals surface area contributed by atoms with Crippen LogP contribution in [0.15, 0.2) is 42.2 Å². The Labute approximate surface area is 159 Å². The van der Waals surface area contributed by atoms with Crippen molar-refractivity contribution in [2.75, 3.05) is 14.2 Å². The zero-order valence-corrected chi connectivity index (χ0v) is 18.3. The SMILES string of the molecule is CCCCC1=CCC(C)=[C]1[Ti][C]1=C(C)CC=C1CCCC.COC. The molecule has 2 aliphatic rings. The van der Waals surface area contributed by atoms with E-state index in [0.717, 1.165) is 0 Å². The molecular formula is C22H36OTi. The van der Waals surface area contributed by atoms with Crippen LogP contribution in [0.2, 0.25) is 0 Å². The van der Waals surface area contributed by atoms with E-state index in [1.807, 2.05) is 0 Å². The summed E-state index contributed by atoms with van der Waals surface area (Å²) in [6, 6.07) is 0. The first kappa shape index (κ1) is 21.7. The fourth-order valence-electron chi connectivity index (χ4n) is 3.20. The average molecular weight is 364 g/mol. The van der Waals surface area contributed by atoms with Crippen molar-refractivity contribution in [3.8, 4) is 0 Å². The molecule has 0 aromatic carbocycles. The average Bonchev–Trinajstić information content (AvgIpc) is 3.09. The third-order valence-electron chi connectivity index (χ3n) is 4.65. The molecule has 0 amide bonds. The van der Waals surface area contributed by atoms with Crippen LogP contribution in [0.5, 0.6) is 0 Å². The normalized spacial score (nSPS) is 16.9. The van der Waals surface area contributed by atoms with E-state index in [1.165, 1.54) is 51.4 Å². The summed E-state index contributed by atoms with van der Waals surface area (Å²) in [5.74, 6) is 0. The van der Waals surface area contributed by atoms with Gasteiger partial charge in [0.1, 0.15) is 0 Å². The molecular weight excluding hydrogens is 328 g/mol. The van der Waals surface area contributed by atoms with Gasteiger partial charge in [0.2, 0.25) is 0 Å². The Morgan fingerprint density at radius 2 is 1.21 bits per heavy atom. The minimum atomic E-state index is -0.113. The van der Waals surface area contributed by atoms with Crippen LogP contribution in [-0.2, 0) is 23.9 Å². The molecule has 134 valence electrons. The van der Waals surface area contributed by atoms with Crippen LogP contribution < -0.4 is 0 Å². The molecule has 0 aromatic rings. The van der Waals surface area contributed by atoms with E-state index in [9.17, 15) is 0 Å². The molecule has 0 heterocycles. The predicted octanol–water partition coefficient (Wildman–Crippen LogP) is 6.92. The summed E-state index contributed by atoms with van der Waals surface area (Å²) in [5, 5.41) is 0. The summed E-state index contributed by atoms with van der Waals surface area (Å²) in [7, 11) is 3.25. The van der Waals surface area contributed by atoms with Crippen LogP contribution in [0, 0.1) is 0 Å². The van der Waals surface area contributed by atoms with Crippen molar-refractivity contribution in [2.45, 2.75) is 79.1 Å². The van der Waals surface area contributed by atoms with Gasteiger partial charge in [-0.25, -0.2) is 0 Å². The maximum atomic E-state index is 4.25. The number of methoxy groups -OCH3 is 1. The van der Waals surface area contributed by atoms with Gasteiger partial charge in [-0.2, -0.15) is 0 Å². The van der Waals surface area contributed by atoms with Gasteiger partial charge in [0.05, 0.1) is 0 Å². The summed E-state index contributed by atoms with van der Waals surface area (Å²) < 4.78 is 7.84. The van der Waals surface area contributed by atoms with E-state index in [-0.39, 0.29) is 19.2 Å². The zero-order chi connectivity index (χ0) is 17.9. The number of allylic oxidation sites excluding steroid dienone is 8. The Morgan fingerprint density at radius 1 is 0.833 bits per heavy atom. The molecule has 2 heteroatoms. The smallest absolute Gasteiger partial charge is 0.0351 e. The molecule has 0 atom stereocenters. The third-order valence-corrected chi connectivity index (χ3v) is 7.77. The Bertz CT molecular complexity index is 474. The maximum absolute atomic E-state index is 4.25. The summed E-state index contributed by atoms with van der Waals surface area (Å²) in [5.41, 5.74) is 6.75. The first-order valence-electron chi connectivity index (χ1n) is 9.54. The molecule has 2 aliphatic carbocycles. The van der Waals surface area contributed by atoms with Crippen molar-refractivity contribution in [1.82, 2.24) is 0 Å². The van der Waals surface area contributed by atoms with Crippen LogP contribution in [0.4, 0.5) is 0 Å². The Kier molecular flexibility index (Phi) is 10.9. The van der Waals surface area contributed by atoms with Crippen molar-refractivity contribution in [1.29, 1.82) is 0 Å². The van der Waals surface area contributed by atoms with Gasteiger partial charge in [-0.1, -0.05) is 0 Å². The van der Waals surface area contributed by atoms with Crippen LogP contribution in [0.1, 0.15) is 79.1 Å². The van der Waals surface area contributed by atoms with Gasteiger partial charge in [-0.05, 0) is 0 Å². The monoisotopic (exact) mass is 364 g/mol. The molecule has 0 radical (unpaired) electrons. The Morgan fingerprint density at radius 3 is 1.54 bits per heavy atom. The molecule has 0 aliphatic heterocycles. The van der Waals surface area contributed by atoms with Gasteiger partial charge in [0.15, 0.2) is 0 Å². The summed E-state index contributed by atoms with van der Waals surface area (Å²) >= 11 is -0.113. The molecule has 2 rings (SSSR count). The topological polar surface area (TPSA) is 9.23 Å². The summed E-state index contributed by atoms with van der Waals surface area (Å²) in [6.45, 7) is 9.34. The van der Waals surface area contributed by atoms with Gasteiger partial charge in [-0.3, -0.25) is 0 Å². The van der Waals surface area contributed by atoms with Crippen molar-refractivity contribution >= 4 is 0 Å². The standard InChI is InChI=1S/2C10H15.C2H6O.Ti/c2*1-3-4-5-10-7-6-9(2)8-10;1-3-2;/h2*7H,3-6H2,1-2H3;1-2H3;. The van der Waals surface area contributed by atoms with E-state index in [2.05, 4.69) is 44.6 Å². The van der Waals surface area contributed by atoms with Gasteiger partial charge in [0.25, 0.3) is 0 Å². The molecule has 0 aromatic heterocycles. The Hall–Kier alpha value is -0.366. The van der Waals surface area contributed by atoms with E-state index in [4.69, 9.17) is 0 Å². The second kappa shape index (κ2) is 12.1. The third kappa shape index (κ3) is 6.50. The maximum Gasteiger partial charge on any atom is 0.0351 e. The molecule has 0 N–H and O–H groups in total. The molecule has 0 unspecified atom stereocenters. The molecule has 0 saturated carbocycles. The number of hydrogen-bond donors (Lipinski definition) is 0. The molecule has 1 nitrogen and oxygen atoms in total. The van der Waals surface area contributed by atoms with Crippen molar-refractivity contribution in [3.63, 3.8) is 0 Å². The van der Waals surface area contributed by atoms with Crippen molar-refractivity contribution in [2.24, 2.45) is 0 Å². The first-order valence-corrected chi connectivity index (χ1v) is 11.1. The number of ether oxygens (including phenoxy) is 1. The Balaban J connectivity index is 0.000000891. The van der Waals surface area contributed by atoms with Gasteiger partial charge in [0, 0.05) is 14.2 Å². The van der Waals surface area contributed by atoms with E-state index < -0.39 is 0 Å². The van der Waals surface area contributed by atoms with Crippen molar-refractivity contribution < 1.29 is 23.9 Å². The van der Waals surface area contributed by atoms with Crippen LogP contribution >= 0.6 is 0 Å². The summed E-state index contributed by atoms with van der Waals surface area (Å²) in [4.78, 5) is 0. The number of unbranched alkanes of at least 4 members (excludes halogenated alkanes) is 2. The van der Waals surface area contributed by atoms with Gasteiger partial charge < -0.3 is 4.74 Å². The largest absolute Gasteiger partial charge is 0.388 e. The zero-order valence-electron chi connectivity index (χ0n) is 16.7. The van der Waals surface area contributed by atoms with Crippen LogP contribution in [-0.4, -0.2) is 14.2 Å². The second-order valence-electron chi connectivity index (χ2n) is 6.92.